The average molecular weight is 280 g/mol. The number of rotatable bonds is 3. The molecule has 1 unspecified atom stereocenters. The van der Waals surface area contributed by atoms with Crippen LogP contribution in [-0.4, -0.2) is 84.5 Å². The van der Waals surface area contributed by atoms with E-state index in [-0.39, 0.29) is 18.5 Å². The van der Waals surface area contributed by atoms with Crippen LogP contribution in [0.2, 0.25) is 0 Å². The zero-order valence-electron chi connectivity index (χ0n) is 11.6. The summed E-state index contributed by atoms with van der Waals surface area (Å²) in [7, 11) is 3.20. The smallest absolute Gasteiger partial charge is 0.383 e. The van der Waals surface area contributed by atoms with Gasteiger partial charge in [-0.15, -0.1) is 0 Å². The second kappa shape index (κ2) is 4.86. The van der Waals surface area contributed by atoms with Gasteiger partial charge in [0.15, 0.2) is 0 Å². The van der Waals surface area contributed by atoms with Gasteiger partial charge in [0.05, 0.1) is 26.2 Å². The maximum absolute atomic E-state index is 12.6. The van der Waals surface area contributed by atoms with E-state index in [0.29, 0.717) is 18.4 Å². The third-order valence-corrected chi connectivity index (χ3v) is 3.79. The van der Waals surface area contributed by atoms with Crippen LogP contribution < -0.4 is 5.32 Å². The van der Waals surface area contributed by atoms with Crippen LogP contribution in [-0.2, 0) is 9.53 Å². The number of guanidine groups is 1. The van der Waals surface area contributed by atoms with Crippen molar-refractivity contribution >= 4 is 23.7 Å². The van der Waals surface area contributed by atoms with Crippen molar-refractivity contribution in [2.24, 2.45) is 4.99 Å². The summed E-state index contributed by atoms with van der Waals surface area (Å²) in [4.78, 5) is 31.9. The molecule has 8 heteroatoms. The van der Waals surface area contributed by atoms with Gasteiger partial charge in [-0.05, 0) is 0 Å². The summed E-state index contributed by atoms with van der Waals surface area (Å²) in [6.07, 6.45) is 0.950. The minimum Gasteiger partial charge on any atom is -0.383 e. The molecule has 108 valence electrons. The first kappa shape index (κ1) is 13.0. The van der Waals surface area contributed by atoms with Gasteiger partial charge in [0, 0.05) is 20.6 Å². The number of amidine groups is 1. The lowest BCUT2D eigenvalue weighted by Gasteiger charge is -2.34. The monoisotopic (exact) mass is 280 g/mol. The summed E-state index contributed by atoms with van der Waals surface area (Å²) in [6.45, 7) is 2.21. The molecule has 0 aromatic carbocycles. The van der Waals surface area contributed by atoms with E-state index in [0.717, 1.165) is 19.5 Å². The number of nitrogens with one attached hydrogen (secondary N) is 1. The molecule has 3 rings (SSSR count). The Bertz CT molecular complexity index is 527. The number of aliphatic imine (C=N–C) groups is 1. The van der Waals surface area contributed by atoms with Crippen molar-refractivity contribution in [3.63, 3.8) is 0 Å². The lowest BCUT2D eigenvalue weighted by molar-refractivity contribution is -0.541. The lowest BCUT2D eigenvalue weighted by atomic mass is 10.1. The van der Waals surface area contributed by atoms with Crippen LogP contribution in [0.4, 0.5) is 4.79 Å². The van der Waals surface area contributed by atoms with Gasteiger partial charge in [-0.1, -0.05) is 4.99 Å². The molecular weight excluding hydrogens is 262 g/mol. The quantitative estimate of drug-likeness (QED) is 0.650. The molecule has 0 aromatic heterocycles. The van der Waals surface area contributed by atoms with E-state index >= 15 is 0 Å². The summed E-state index contributed by atoms with van der Waals surface area (Å²) >= 11 is 0. The highest BCUT2D eigenvalue weighted by Crippen LogP contribution is 2.20. The summed E-state index contributed by atoms with van der Waals surface area (Å²) in [5.74, 6) is 0.985. The van der Waals surface area contributed by atoms with Crippen LogP contribution in [0.25, 0.3) is 0 Å². The van der Waals surface area contributed by atoms with E-state index in [1.165, 1.54) is 9.80 Å². The van der Waals surface area contributed by atoms with Crippen LogP contribution in [0.3, 0.4) is 0 Å². The summed E-state index contributed by atoms with van der Waals surface area (Å²) in [5.41, 5.74) is 0. The first-order valence-electron chi connectivity index (χ1n) is 6.69. The Hall–Kier alpha value is -1.96. The highest BCUT2D eigenvalue weighted by molar-refractivity contribution is 6.22. The van der Waals surface area contributed by atoms with Crippen molar-refractivity contribution in [1.82, 2.24) is 15.1 Å². The number of imide groups is 1. The molecule has 3 aliphatic rings. The molecule has 1 atom stereocenters. The molecule has 3 aliphatic heterocycles. The molecule has 1 N–H and O–H groups in total. The van der Waals surface area contributed by atoms with Crippen LogP contribution in [0.15, 0.2) is 4.99 Å². The molecule has 8 nitrogen and oxygen atoms in total. The largest absolute Gasteiger partial charge is 0.390 e. The summed E-state index contributed by atoms with van der Waals surface area (Å²) in [5, 5.41) is 3.17. The third kappa shape index (κ3) is 1.79. The molecule has 3 heterocycles. The molecule has 0 bridgehead atoms. The fraction of sp³-hybridized carbons (Fsp3) is 0.667. The average Bonchev–Trinajstić information content (AvgIpc) is 2.84. The van der Waals surface area contributed by atoms with Gasteiger partial charge in [0.2, 0.25) is 11.9 Å². The highest BCUT2D eigenvalue weighted by Gasteiger charge is 2.52. The molecule has 3 amide bonds. The molecule has 1 fully saturated rings. The van der Waals surface area contributed by atoms with Gasteiger partial charge < -0.3 is 4.74 Å². The number of nitrogens with zero attached hydrogens (tertiary/aromatic N) is 4. The molecule has 0 saturated carbocycles. The van der Waals surface area contributed by atoms with E-state index in [4.69, 9.17) is 4.74 Å². The zero-order chi connectivity index (χ0) is 14.3. The fourth-order valence-electron chi connectivity index (χ4n) is 2.73. The van der Waals surface area contributed by atoms with Crippen LogP contribution >= 0.6 is 0 Å². The van der Waals surface area contributed by atoms with Gasteiger partial charge in [-0.2, -0.15) is 0 Å². The SMILES string of the molecule is COCCN1C(=O)C2C(=NC3=[N+]2CCCN3)N(C)C1=O. The Balaban J connectivity index is 1.92. The standard InChI is InChI=1S/C12H17N5O3/c1-15-9-8(16-5-3-4-13-11(16)14-9)10(18)17(12(15)19)6-7-20-2/h8H,3-7H2,1-2H3/p+1. The van der Waals surface area contributed by atoms with Gasteiger partial charge in [-0.3, -0.25) is 19.9 Å². The maximum Gasteiger partial charge on any atom is 0.390 e. The summed E-state index contributed by atoms with van der Waals surface area (Å²) in [6, 6.07) is -0.833. The van der Waals surface area contributed by atoms with Gasteiger partial charge in [0.25, 0.3) is 5.91 Å². The number of carbonyl (C=O) groups is 2. The van der Waals surface area contributed by atoms with Crippen molar-refractivity contribution in [3.8, 4) is 0 Å². The Labute approximate surface area is 116 Å². The van der Waals surface area contributed by atoms with Gasteiger partial charge >= 0.3 is 12.0 Å². The predicted octanol–water partition coefficient (Wildman–Crippen LogP) is -1.33. The van der Waals surface area contributed by atoms with Crippen molar-refractivity contribution < 1.29 is 18.9 Å². The number of fused-ring (bicyclic) bond motifs is 2. The fourth-order valence-corrected chi connectivity index (χ4v) is 2.73. The predicted molar refractivity (Wildman–Crippen MR) is 70.7 cm³/mol. The third-order valence-electron chi connectivity index (χ3n) is 3.79. The first-order valence-corrected chi connectivity index (χ1v) is 6.69. The molecule has 0 radical (unpaired) electrons. The van der Waals surface area contributed by atoms with Crippen molar-refractivity contribution in [1.29, 1.82) is 0 Å². The number of likely N-dealkylation sites (N-methyl/N-ethyl adjacent to an activating group) is 1. The maximum atomic E-state index is 12.6. The molecule has 0 spiro atoms. The van der Waals surface area contributed by atoms with Crippen LogP contribution in [0.5, 0.6) is 0 Å². The van der Waals surface area contributed by atoms with Gasteiger partial charge in [-0.25, -0.2) is 9.37 Å². The molecular formula is C12H18N5O3+. The normalized spacial score (nSPS) is 25.5. The minimum absolute atomic E-state index is 0.220. The number of hydrogen-bond acceptors (Lipinski definition) is 5. The molecule has 0 aromatic rings. The van der Waals surface area contributed by atoms with E-state index < -0.39 is 6.04 Å². The van der Waals surface area contributed by atoms with Gasteiger partial charge in [0.1, 0.15) is 0 Å². The number of carbonyl (C=O) groups excluding carboxylic acids is 2. The van der Waals surface area contributed by atoms with Crippen molar-refractivity contribution in [3.05, 3.63) is 0 Å². The van der Waals surface area contributed by atoms with Crippen LogP contribution in [0.1, 0.15) is 6.42 Å². The summed E-state index contributed by atoms with van der Waals surface area (Å²) < 4.78 is 6.90. The number of methoxy groups -OCH3 is 1. The van der Waals surface area contributed by atoms with E-state index in [1.54, 1.807) is 14.2 Å². The zero-order valence-corrected chi connectivity index (χ0v) is 11.6. The van der Waals surface area contributed by atoms with E-state index in [1.807, 2.05) is 4.58 Å². The Morgan fingerprint density at radius 1 is 1.50 bits per heavy atom. The minimum atomic E-state index is -0.489. The number of urea groups is 1. The lowest BCUT2D eigenvalue weighted by Crippen LogP contribution is -2.63. The van der Waals surface area contributed by atoms with Crippen molar-refractivity contribution in [2.45, 2.75) is 12.5 Å². The topological polar surface area (TPSA) is 77.2 Å². The Kier molecular flexibility index (Phi) is 3.17. The van der Waals surface area contributed by atoms with E-state index in [9.17, 15) is 9.59 Å². The second-order valence-corrected chi connectivity index (χ2v) is 4.99. The highest BCUT2D eigenvalue weighted by atomic mass is 16.5. The number of ether oxygens (including phenoxy) is 1. The second-order valence-electron chi connectivity index (χ2n) is 4.99. The first-order chi connectivity index (χ1) is 9.65. The Morgan fingerprint density at radius 3 is 3.05 bits per heavy atom. The number of hydrogen-bond donors (Lipinski definition) is 1. The molecule has 20 heavy (non-hydrogen) atoms. The molecule has 1 saturated heterocycles. The Morgan fingerprint density at radius 2 is 2.30 bits per heavy atom. The van der Waals surface area contributed by atoms with Crippen LogP contribution in [0, 0.1) is 0 Å². The number of amides is 3. The molecule has 0 aliphatic carbocycles. The van der Waals surface area contributed by atoms with Crippen molar-refractivity contribution in [2.75, 3.05) is 40.4 Å². The van der Waals surface area contributed by atoms with E-state index in [2.05, 4.69) is 10.3 Å².